The number of rotatable bonds is 8. The molecular formula is C20H23FN2O2. The standard InChI is InChI=1S/C20H23FN2O2/c1-2-3-6-16(13-22)23-20(25)18-8-5-4-7-17(18)19(24)14-9-11-15(21)12-10-14/h4-5,7-12,16H,2-3,6,13,22H2,1H3,(H,23,25). The minimum atomic E-state index is -0.413. The van der Waals surface area contributed by atoms with Crippen LogP contribution >= 0.6 is 0 Å². The van der Waals surface area contributed by atoms with Gasteiger partial charge in [0.1, 0.15) is 5.82 Å². The SMILES string of the molecule is CCCCC(CN)NC(=O)c1ccccc1C(=O)c1ccc(F)cc1. The molecule has 1 unspecified atom stereocenters. The maximum absolute atomic E-state index is 13.1. The number of benzene rings is 2. The van der Waals surface area contributed by atoms with Crippen molar-refractivity contribution < 1.29 is 14.0 Å². The lowest BCUT2D eigenvalue weighted by molar-refractivity contribution is 0.0926. The van der Waals surface area contributed by atoms with Crippen LogP contribution in [0.1, 0.15) is 52.5 Å². The Morgan fingerprint density at radius 1 is 1.08 bits per heavy atom. The summed E-state index contributed by atoms with van der Waals surface area (Å²) in [7, 11) is 0. The van der Waals surface area contributed by atoms with E-state index in [0.29, 0.717) is 17.7 Å². The number of nitrogens with two attached hydrogens (primary N) is 1. The second-order valence-corrected chi connectivity index (χ2v) is 5.93. The van der Waals surface area contributed by atoms with Crippen LogP contribution in [-0.4, -0.2) is 24.3 Å². The van der Waals surface area contributed by atoms with Gasteiger partial charge in [0.15, 0.2) is 5.78 Å². The summed E-state index contributed by atoms with van der Waals surface area (Å²) in [5.74, 6) is -1.05. The number of nitrogens with one attached hydrogen (secondary N) is 1. The predicted octanol–water partition coefficient (Wildman–Crippen LogP) is 3.30. The highest BCUT2D eigenvalue weighted by Gasteiger charge is 2.19. The molecule has 0 spiro atoms. The van der Waals surface area contributed by atoms with Crippen molar-refractivity contribution in [3.05, 3.63) is 71.0 Å². The molecule has 1 amide bonds. The molecule has 0 bridgehead atoms. The quantitative estimate of drug-likeness (QED) is 0.723. The Kier molecular flexibility index (Phi) is 6.83. The van der Waals surface area contributed by atoms with Crippen LogP contribution in [0, 0.1) is 5.82 Å². The topological polar surface area (TPSA) is 72.2 Å². The molecule has 4 nitrogen and oxygen atoms in total. The molecule has 0 heterocycles. The molecule has 0 aliphatic carbocycles. The molecule has 0 aromatic heterocycles. The zero-order valence-electron chi connectivity index (χ0n) is 14.3. The molecule has 3 N–H and O–H groups in total. The third-order valence-electron chi connectivity index (χ3n) is 4.05. The van der Waals surface area contributed by atoms with Gasteiger partial charge in [-0.1, -0.05) is 38.0 Å². The molecule has 132 valence electrons. The van der Waals surface area contributed by atoms with E-state index in [-0.39, 0.29) is 23.3 Å². The fraction of sp³-hybridized carbons (Fsp3) is 0.300. The van der Waals surface area contributed by atoms with Crippen molar-refractivity contribution in [2.75, 3.05) is 6.54 Å². The lowest BCUT2D eigenvalue weighted by atomic mass is 9.97. The molecule has 1 atom stereocenters. The van der Waals surface area contributed by atoms with Gasteiger partial charge < -0.3 is 11.1 Å². The third-order valence-corrected chi connectivity index (χ3v) is 4.05. The first-order valence-electron chi connectivity index (χ1n) is 8.47. The molecule has 0 saturated carbocycles. The van der Waals surface area contributed by atoms with Crippen LogP contribution in [0.3, 0.4) is 0 Å². The first-order chi connectivity index (χ1) is 12.1. The van der Waals surface area contributed by atoms with Crippen molar-refractivity contribution in [2.24, 2.45) is 5.73 Å². The number of ketones is 1. The van der Waals surface area contributed by atoms with E-state index in [1.165, 1.54) is 24.3 Å². The Labute approximate surface area is 147 Å². The highest BCUT2D eigenvalue weighted by atomic mass is 19.1. The number of unbranched alkanes of at least 4 members (excludes halogenated alkanes) is 1. The van der Waals surface area contributed by atoms with Gasteiger partial charge in [0.2, 0.25) is 0 Å². The fourth-order valence-corrected chi connectivity index (χ4v) is 2.60. The molecule has 2 aromatic carbocycles. The van der Waals surface area contributed by atoms with E-state index in [2.05, 4.69) is 12.2 Å². The molecule has 0 aliphatic rings. The van der Waals surface area contributed by atoms with Crippen LogP contribution in [0.4, 0.5) is 4.39 Å². The van der Waals surface area contributed by atoms with Crippen molar-refractivity contribution in [3.63, 3.8) is 0 Å². The van der Waals surface area contributed by atoms with Crippen LogP contribution in [0.5, 0.6) is 0 Å². The van der Waals surface area contributed by atoms with Crippen molar-refractivity contribution in [1.29, 1.82) is 0 Å². The van der Waals surface area contributed by atoms with Crippen LogP contribution < -0.4 is 11.1 Å². The second kappa shape index (κ2) is 9.08. The van der Waals surface area contributed by atoms with Gasteiger partial charge in [0.25, 0.3) is 5.91 Å². The number of carbonyl (C=O) groups is 2. The summed E-state index contributed by atoms with van der Waals surface area (Å²) in [6.07, 6.45) is 2.79. The van der Waals surface area contributed by atoms with E-state index in [4.69, 9.17) is 5.73 Å². The summed E-state index contributed by atoms with van der Waals surface area (Å²) in [5.41, 5.74) is 6.65. The lowest BCUT2D eigenvalue weighted by Gasteiger charge is -2.17. The molecule has 0 radical (unpaired) electrons. The maximum atomic E-state index is 13.1. The Morgan fingerprint density at radius 2 is 1.72 bits per heavy atom. The highest BCUT2D eigenvalue weighted by molar-refractivity contribution is 6.15. The van der Waals surface area contributed by atoms with Gasteiger partial charge in [-0.15, -0.1) is 0 Å². The summed E-state index contributed by atoms with van der Waals surface area (Å²) in [4.78, 5) is 25.3. The average molecular weight is 342 g/mol. The molecule has 25 heavy (non-hydrogen) atoms. The normalized spacial score (nSPS) is 11.8. The molecule has 2 aromatic rings. The fourth-order valence-electron chi connectivity index (χ4n) is 2.60. The molecule has 0 saturated heterocycles. The summed E-state index contributed by atoms with van der Waals surface area (Å²) in [5, 5.41) is 2.90. The Morgan fingerprint density at radius 3 is 2.32 bits per heavy atom. The van der Waals surface area contributed by atoms with Crippen LogP contribution in [0.15, 0.2) is 48.5 Å². The average Bonchev–Trinajstić information content (AvgIpc) is 2.65. The van der Waals surface area contributed by atoms with Gasteiger partial charge in [0.05, 0.1) is 5.56 Å². The van der Waals surface area contributed by atoms with Crippen LogP contribution in [-0.2, 0) is 0 Å². The second-order valence-electron chi connectivity index (χ2n) is 5.93. The first-order valence-corrected chi connectivity index (χ1v) is 8.47. The molecule has 2 rings (SSSR count). The number of amides is 1. The van der Waals surface area contributed by atoms with E-state index in [1.54, 1.807) is 24.3 Å². The minimum absolute atomic E-state index is 0.124. The summed E-state index contributed by atoms with van der Waals surface area (Å²) in [6.45, 7) is 2.42. The molecule has 0 fully saturated rings. The summed E-state index contributed by atoms with van der Waals surface area (Å²) < 4.78 is 13.1. The van der Waals surface area contributed by atoms with Crippen molar-refractivity contribution >= 4 is 11.7 Å². The van der Waals surface area contributed by atoms with E-state index in [9.17, 15) is 14.0 Å². The van der Waals surface area contributed by atoms with E-state index < -0.39 is 5.82 Å². The third kappa shape index (κ3) is 4.97. The lowest BCUT2D eigenvalue weighted by Crippen LogP contribution is -2.40. The number of halogens is 1. The number of hydrogen-bond acceptors (Lipinski definition) is 3. The van der Waals surface area contributed by atoms with Crippen molar-refractivity contribution in [3.8, 4) is 0 Å². The summed E-state index contributed by atoms with van der Waals surface area (Å²) in [6, 6.07) is 11.8. The zero-order chi connectivity index (χ0) is 18.2. The molecular weight excluding hydrogens is 319 g/mol. The van der Waals surface area contributed by atoms with Crippen molar-refractivity contribution in [2.45, 2.75) is 32.2 Å². The number of hydrogen-bond donors (Lipinski definition) is 2. The van der Waals surface area contributed by atoms with E-state index >= 15 is 0 Å². The Bertz CT molecular complexity index is 729. The smallest absolute Gasteiger partial charge is 0.252 e. The molecule has 5 heteroatoms. The predicted molar refractivity (Wildman–Crippen MR) is 96.1 cm³/mol. The Hall–Kier alpha value is -2.53. The first kappa shape index (κ1) is 18.8. The van der Waals surface area contributed by atoms with E-state index in [0.717, 1.165) is 19.3 Å². The monoisotopic (exact) mass is 342 g/mol. The number of carbonyl (C=O) groups excluding carboxylic acids is 2. The largest absolute Gasteiger partial charge is 0.348 e. The van der Waals surface area contributed by atoms with Crippen LogP contribution in [0.2, 0.25) is 0 Å². The summed E-state index contributed by atoms with van der Waals surface area (Å²) >= 11 is 0. The van der Waals surface area contributed by atoms with Gasteiger partial charge in [-0.3, -0.25) is 9.59 Å². The van der Waals surface area contributed by atoms with E-state index in [1.807, 2.05) is 0 Å². The van der Waals surface area contributed by atoms with Crippen molar-refractivity contribution in [1.82, 2.24) is 5.32 Å². The van der Waals surface area contributed by atoms with Gasteiger partial charge in [-0.25, -0.2) is 4.39 Å². The molecule has 0 aliphatic heterocycles. The Balaban J connectivity index is 2.23. The highest BCUT2D eigenvalue weighted by Crippen LogP contribution is 2.16. The van der Waals surface area contributed by atoms with Gasteiger partial charge >= 0.3 is 0 Å². The van der Waals surface area contributed by atoms with Gasteiger partial charge in [-0.2, -0.15) is 0 Å². The van der Waals surface area contributed by atoms with Crippen LogP contribution in [0.25, 0.3) is 0 Å². The zero-order valence-corrected chi connectivity index (χ0v) is 14.3. The van der Waals surface area contributed by atoms with Gasteiger partial charge in [0, 0.05) is 23.7 Å². The maximum Gasteiger partial charge on any atom is 0.252 e. The van der Waals surface area contributed by atoms with Gasteiger partial charge in [-0.05, 0) is 36.8 Å². The minimum Gasteiger partial charge on any atom is -0.348 e.